The van der Waals surface area contributed by atoms with Crippen molar-refractivity contribution in [3.05, 3.63) is 47.8 Å². The second kappa shape index (κ2) is 5.93. The van der Waals surface area contributed by atoms with E-state index < -0.39 is 6.10 Å². The predicted molar refractivity (Wildman–Crippen MR) is 89.1 cm³/mol. The standard InChI is InChI=1S/C18H20N2O3/c1-11-5-8-16-19-17(18(12(2)21)20(16)10-11)14-9-13(22-3)6-7-15(14)23-4/h5-10,12,21H,1-4H3. The topological polar surface area (TPSA) is 56.0 Å². The Labute approximate surface area is 135 Å². The number of methoxy groups -OCH3 is 2. The lowest BCUT2D eigenvalue weighted by Gasteiger charge is -2.12. The van der Waals surface area contributed by atoms with E-state index in [1.807, 2.05) is 47.9 Å². The van der Waals surface area contributed by atoms with Gasteiger partial charge in [0.15, 0.2) is 0 Å². The zero-order valence-corrected chi connectivity index (χ0v) is 13.7. The van der Waals surface area contributed by atoms with E-state index >= 15 is 0 Å². The van der Waals surface area contributed by atoms with E-state index in [2.05, 4.69) is 0 Å². The lowest BCUT2D eigenvalue weighted by molar-refractivity contribution is 0.194. The highest BCUT2D eigenvalue weighted by molar-refractivity contribution is 5.74. The third-order valence-electron chi connectivity index (χ3n) is 3.86. The maximum atomic E-state index is 10.3. The number of rotatable bonds is 4. The number of imidazole rings is 1. The molecule has 3 rings (SSSR count). The molecule has 0 saturated heterocycles. The van der Waals surface area contributed by atoms with Gasteiger partial charge in [0.25, 0.3) is 0 Å². The normalized spacial score (nSPS) is 12.4. The fourth-order valence-corrected chi connectivity index (χ4v) is 2.77. The highest BCUT2D eigenvalue weighted by Gasteiger charge is 2.21. The van der Waals surface area contributed by atoms with Crippen LogP contribution in [0.2, 0.25) is 0 Å². The van der Waals surface area contributed by atoms with Gasteiger partial charge in [-0.25, -0.2) is 4.98 Å². The maximum Gasteiger partial charge on any atom is 0.137 e. The molecule has 0 bridgehead atoms. The van der Waals surface area contributed by atoms with E-state index in [4.69, 9.17) is 14.5 Å². The summed E-state index contributed by atoms with van der Waals surface area (Å²) in [6.07, 6.45) is 1.30. The summed E-state index contributed by atoms with van der Waals surface area (Å²) >= 11 is 0. The predicted octanol–water partition coefficient (Wildman–Crippen LogP) is 3.38. The first-order valence-corrected chi connectivity index (χ1v) is 7.44. The van der Waals surface area contributed by atoms with Crippen LogP contribution in [0.25, 0.3) is 16.9 Å². The fourth-order valence-electron chi connectivity index (χ4n) is 2.77. The highest BCUT2D eigenvalue weighted by Crippen LogP contribution is 2.37. The van der Waals surface area contributed by atoms with Crippen LogP contribution in [0.15, 0.2) is 36.5 Å². The zero-order chi connectivity index (χ0) is 16.6. The third-order valence-corrected chi connectivity index (χ3v) is 3.86. The molecule has 3 aromatic rings. The summed E-state index contributed by atoms with van der Waals surface area (Å²) in [5.41, 5.74) is 4.10. The smallest absolute Gasteiger partial charge is 0.137 e. The molecule has 2 heterocycles. The van der Waals surface area contributed by atoms with Gasteiger partial charge in [-0.1, -0.05) is 6.07 Å². The second-order valence-electron chi connectivity index (χ2n) is 5.52. The Bertz CT molecular complexity index is 853. The van der Waals surface area contributed by atoms with Crippen LogP contribution in [-0.2, 0) is 0 Å². The molecule has 5 heteroatoms. The molecular weight excluding hydrogens is 292 g/mol. The minimum atomic E-state index is -0.669. The summed E-state index contributed by atoms with van der Waals surface area (Å²) in [7, 11) is 3.24. The number of aromatic nitrogens is 2. The number of fused-ring (bicyclic) bond motifs is 1. The van der Waals surface area contributed by atoms with Crippen LogP contribution in [0.3, 0.4) is 0 Å². The lowest BCUT2D eigenvalue weighted by Crippen LogP contribution is -2.01. The molecule has 0 saturated carbocycles. The Hall–Kier alpha value is -2.53. The number of pyridine rings is 1. The fraction of sp³-hybridized carbons (Fsp3) is 0.278. The number of ether oxygens (including phenoxy) is 2. The first-order valence-electron chi connectivity index (χ1n) is 7.44. The number of hydrogen-bond acceptors (Lipinski definition) is 4. The van der Waals surface area contributed by atoms with Crippen molar-refractivity contribution in [3.63, 3.8) is 0 Å². The van der Waals surface area contributed by atoms with Crippen LogP contribution < -0.4 is 9.47 Å². The molecule has 0 amide bonds. The summed E-state index contributed by atoms with van der Waals surface area (Å²) in [4.78, 5) is 4.70. The van der Waals surface area contributed by atoms with Crippen LogP contribution in [0.1, 0.15) is 24.3 Å². The molecule has 0 aliphatic carbocycles. The summed E-state index contributed by atoms with van der Waals surface area (Å²) in [6, 6.07) is 9.50. The molecule has 1 atom stereocenters. The Morgan fingerprint density at radius 3 is 2.57 bits per heavy atom. The van der Waals surface area contributed by atoms with E-state index in [1.54, 1.807) is 21.1 Å². The SMILES string of the molecule is COc1ccc(OC)c(-c2nc3ccc(C)cn3c2C(C)O)c1. The van der Waals surface area contributed by atoms with E-state index in [0.29, 0.717) is 17.2 Å². The van der Waals surface area contributed by atoms with Crippen molar-refractivity contribution in [2.45, 2.75) is 20.0 Å². The van der Waals surface area contributed by atoms with Crippen molar-refractivity contribution < 1.29 is 14.6 Å². The van der Waals surface area contributed by atoms with Gasteiger partial charge in [-0.3, -0.25) is 0 Å². The van der Waals surface area contributed by atoms with Crippen molar-refractivity contribution in [2.75, 3.05) is 14.2 Å². The Morgan fingerprint density at radius 1 is 1.13 bits per heavy atom. The van der Waals surface area contributed by atoms with Crippen molar-refractivity contribution >= 4 is 5.65 Å². The van der Waals surface area contributed by atoms with Crippen molar-refractivity contribution in [1.82, 2.24) is 9.38 Å². The Balaban J connectivity index is 2.33. The number of nitrogens with zero attached hydrogens (tertiary/aromatic N) is 2. The number of aryl methyl sites for hydroxylation is 1. The summed E-state index contributed by atoms with van der Waals surface area (Å²) in [6.45, 7) is 3.75. The molecule has 2 aromatic heterocycles. The Kier molecular flexibility index (Phi) is 3.96. The van der Waals surface area contributed by atoms with E-state index in [1.165, 1.54) is 0 Å². The summed E-state index contributed by atoms with van der Waals surface area (Å²) < 4.78 is 12.7. The number of benzene rings is 1. The van der Waals surface area contributed by atoms with Crippen molar-refractivity contribution in [3.8, 4) is 22.8 Å². The van der Waals surface area contributed by atoms with Gasteiger partial charge < -0.3 is 19.0 Å². The molecule has 0 fully saturated rings. The summed E-state index contributed by atoms with van der Waals surface area (Å²) in [5.74, 6) is 1.40. The van der Waals surface area contributed by atoms with Crippen molar-refractivity contribution in [2.24, 2.45) is 0 Å². The van der Waals surface area contributed by atoms with Crippen LogP contribution in [-0.4, -0.2) is 28.7 Å². The third kappa shape index (κ3) is 2.64. The van der Waals surface area contributed by atoms with Gasteiger partial charge in [-0.05, 0) is 43.7 Å². The maximum absolute atomic E-state index is 10.3. The molecule has 0 radical (unpaired) electrons. The van der Waals surface area contributed by atoms with Gasteiger partial charge in [-0.15, -0.1) is 0 Å². The molecule has 0 aliphatic heterocycles. The number of aliphatic hydroxyl groups is 1. The van der Waals surface area contributed by atoms with Crippen molar-refractivity contribution in [1.29, 1.82) is 0 Å². The van der Waals surface area contributed by atoms with Gasteiger partial charge in [0.2, 0.25) is 0 Å². The van der Waals surface area contributed by atoms with E-state index in [0.717, 1.165) is 22.5 Å². The summed E-state index contributed by atoms with van der Waals surface area (Å²) in [5, 5.41) is 10.3. The van der Waals surface area contributed by atoms with Gasteiger partial charge in [-0.2, -0.15) is 0 Å². The molecular formula is C18H20N2O3. The molecule has 1 N–H and O–H groups in total. The van der Waals surface area contributed by atoms with Crippen LogP contribution >= 0.6 is 0 Å². The quantitative estimate of drug-likeness (QED) is 0.802. The molecule has 120 valence electrons. The molecule has 0 aliphatic rings. The van der Waals surface area contributed by atoms with Gasteiger partial charge in [0.05, 0.1) is 31.7 Å². The van der Waals surface area contributed by atoms with Crippen LogP contribution in [0.4, 0.5) is 0 Å². The van der Waals surface area contributed by atoms with Gasteiger partial charge in [0.1, 0.15) is 17.1 Å². The van der Waals surface area contributed by atoms with Crippen LogP contribution in [0, 0.1) is 6.92 Å². The molecule has 0 spiro atoms. The number of hydrogen-bond donors (Lipinski definition) is 1. The van der Waals surface area contributed by atoms with E-state index in [9.17, 15) is 5.11 Å². The zero-order valence-electron chi connectivity index (χ0n) is 13.7. The Morgan fingerprint density at radius 2 is 1.91 bits per heavy atom. The monoisotopic (exact) mass is 312 g/mol. The van der Waals surface area contributed by atoms with Crippen LogP contribution in [0.5, 0.6) is 11.5 Å². The average Bonchev–Trinajstić information content (AvgIpc) is 2.92. The molecule has 1 aromatic carbocycles. The first-order chi connectivity index (χ1) is 11.0. The van der Waals surface area contributed by atoms with E-state index in [-0.39, 0.29) is 0 Å². The second-order valence-corrected chi connectivity index (χ2v) is 5.52. The molecule has 5 nitrogen and oxygen atoms in total. The highest BCUT2D eigenvalue weighted by atomic mass is 16.5. The minimum absolute atomic E-state index is 0.669. The first kappa shape index (κ1) is 15.4. The van der Waals surface area contributed by atoms with Gasteiger partial charge >= 0.3 is 0 Å². The number of aliphatic hydroxyl groups excluding tert-OH is 1. The lowest BCUT2D eigenvalue weighted by atomic mass is 10.1. The largest absolute Gasteiger partial charge is 0.497 e. The van der Waals surface area contributed by atoms with Gasteiger partial charge in [0, 0.05) is 11.8 Å². The average molecular weight is 312 g/mol. The molecule has 23 heavy (non-hydrogen) atoms. The molecule has 1 unspecified atom stereocenters. The minimum Gasteiger partial charge on any atom is -0.497 e.